The molecule has 2 fully saturated rings. The van der Waals surface area contributed by atoms with Crippen LogP contribution in [0.5, 0.6) is 0 Å². The predicted octanol–water partition coefficient (Wildman–Crippen LogP) is 2.84. The largest absolute Gasteiger partial charge is 0.380 e. The number of ether oxygens (including phenoxy) is 1. The second-order valence-corrected chi connectivity index (χ2v) is 8.74. The maximum atomic E-state index is 13.5. The number of rotatable bonds is 3. The lowest BCUT2D eigenvalue weighted by Crippen LogP contribution is -2.66. The minimum absolute atomic E-state index is 0.0586. The fourth-order valence-corrected chi connectivity index (χ4v) is 4.41. The van der Waals surface area contributed by atoms with Gasteiger partial charge in [-0.05, 0) is 11.8 Å². The fourth-order valence-electron chi connectivity index (χ4n) is 4.11. The normalized spacial score (nSPS) is 16.5. The minimum atomic E-state index is 0.0586. The van der Waals surface area contributed by atoms with Gasteiger partial charge in [0.2, 0.25) is 5.82 Å². The molecule has 5 heterocycles. The van der Waals surface area contributed by atoms with Crippen molar-refractivity contribution in [3.8, 4) is 23.1 Å². The van der Waals surface area contributed by atoms with Gasteiger partial charge in [-0.2, -0.15) is 0 Å². The molecule has 0 aliphatic carbocycles. The Morgan fingerprint density at radius 2 is 1.91 bits per heavy atom. The highest BCUT2D eigenvalue weighted by Gasteiger charge is 2.50. The van der Waals surface area contributed by atoms with Crippen LogP contribution in [0.2, 0.25) is 0 Å². The van der Waals surface area contributed by atoms with Crippen LogP contribution < -0.4 is 4.90 Å². The molecule has 0 bridgehead atoms. The summed E-state index contributed by atoms with van der Waals surface area (Å²) in [4.78, 5) is 20.4. The van der Waals surface area contributed by atoms with Crippen LogP contribution in [-0.2, 0) is 11.8 Å². The molecule has 2 aliphatic heterocycles. The smallest absolute Gasteiger partial charge is 0.209 e. The summed E-state index contributed by atoms with van der Waals surface area (Å²) in [6.07, 6.45) is 3.35. The second-order valence-electron chi connectivity index (χ2n) is 8.21. The zero-order valence-corrected chi connectivity index (χ0v) is 18.0. The first kappa shape index (κ1) is 19.3. The molecule has 160 valence electrons. The average molecular weight is 447 g/mol. The van der Waals surface area contributed by atoms with E-state index in [-0.39, 0.29) is 17.7 Å². The van der Waals surface area contributed by atoms with Gasteiger partial charge in [0, 0.05) is 31.9 Å². The Labute approximate surface area is 187 Å². The van der Waals surface area contributed by atoms with E-state index in [2.05, 4.69) is 36.7 Å². The van der Waals surface area contributed by atoms with Crippen molar-refractivity contribution in [2.75, 3.05) is 31.2 Å². The van der Waals surface area contributed by atoms with Gasteiger partial charge in [0.15, 0.2) is 35.1 Å². The molecule has 0 amide bonds. The van der Waals surface area contributed by atoms with Gasteiger partial charge in [-0.25, -0.2) is 23.9 Å². The van der Waals surface area contributed by atoms with E-state index in [9.17, 15) is 3.89 Å². The molecule has 4 aromatic rings. The summed E-state index contributed by atoms with van der Waals surface area (Å²) in [5.74, 6) is 7.32. The van der Waals surface area contributed by atoms with E-state index in [1.165, 1.54) is 3.97 Å². The third-order valence-electron chi connectivity index (χ3n) is 5.81. The van der Waals surface area contributed by atoms with E-state index in [1.54, 1.807) is 12.5 Å². The van der Waals surface area contributed by atoms with E-state index in [0.29, 0.717) is 23.0 Å². The highest BCUT2D eigenvalue weighted by atomic mass is 32.2. The molecular weight excluding hydrogens is 429 g/mol. The maximum absolute atomic E-state index is 13.5. The van der Waals surface area contributed by atoms with Crippen LogP contribution in [0, 0.1) is 17.3 Å². The minimum Gasteiger partial charge on any atom is -0.380 e. The number of anilines is 1. The maximum Gasteiger partial charge on any atom is 0.209 e. The van der Waals surface area contributed by atoms with E-state index >= 15 is 0 Å². The molecule has 1 aromatic carbocycles. The number of imidazole rings is 2. The number of benzene rings is 1. The van der Waals surface area contributed by atoms with Gasteiger partial charge in [-0.15, -0.1) is 3.89 Å². The fraction of sp³-hybridized carbons (Fsp3) is 0.273. The molecule has 2 aliphatic rings. The molecule has 32 heavy (non-hydrogen) atoms. The summed E-state index contributed by atoms with van der Waals surface area (Å²) in [6.45, 7) is 3.34. The highest BCUT2D eigenvalue weighted by Crippen LogP contribution is 2.41. The second kappa shape index (κ2) is 7.32. The van der Waals surface area contributed by atoms with Gasteiger partial charge >= 0.3 is 0 Å². The van der Waals surface area contributed by atoms with Crippen LogP contribution in [0.4, 0.5) is 9.70 Å². The molecule has 8 nitrogen and oxygen atoms in total. The number of halogens is 1. The Bertz CT molecular complexity index is 1380. The topological polar surface area (TPSA) is 73.9 Å². The van der Waals surface area contributed by atoms with Gasteiger partial charge < -0.3 is 14.2 Å². The summed E-state index contributed by atoms with van der Waals surface area (Å²) in [6, 6.07) is 9.59. The number of fused-ring (bicyclic) bond motifs is 1. The van der Waals surface area contributed by atoms with Crippen LogP contribution in [0.3, 0.4) is 0 Å². The van der Waals surface area contributed by atoms with Crippen LogP contribution in [0.25, 0.3) is 22.4 Å². The van der Waals surface area contributed by atoms with E-state index in [0.717, 1.165) is 43.2 Å². The van der Waals surface area contributed by atoms with Gasteiger partial charge in [0.05, 0.1) is 30.7 Å². The molecule has 0 atom stereocenters. The third kappa shape index (κ3) is 3.13. The van der Waals surface area contributed by atoms with Crippen molar-refractivity contribution in [1.82, 2.24) is 28.5 Å². The molecule has 2 saturated heterocycles. The van der Waals surface area contributed by atoms with Crippen molar-refractivity contribution >= 4 is 29.3 Å². The number of nitrogens with zero attached hydrogens (tertiary/aromatic N) is 7. The standard InChI is InChI=1S/C22H18FN7OS/c1-28-14-24-19-20(28)26-17(27-21(19)29-10-22(11-29)12-31-13-22)7-8-18-25-16(9-30(18)32-23)15-5-3-2-4-6-15/h2-6,9,14H,10-13H2,1H3. The quantitative estimate of drug-likeness (QED) is 0.447. The van der Waals surface area contributed by atoms with Crippen molar-refractivity contribution in [3.05, 3.63) is 54.5 Å². The summed E-state index contributed by atoms with van der Waals surface area (Å²) in [5.41, 5.74) is 3.25. The zero-order chi connectivity index (χ0) is 21.7. The molecule has 1 spiro atoms. The first-order valence-corrected chi connectivity index (χ1v) is 10.8. The van der Waals surface area contributed by atoms with Crippen LogP contribution in [0.1, 0.15) is 11.6 Å². The molecule has 3 aromatic heterocycles. The molecule has 0 saturated carbocycles. The Balaban J connectivity index is 1.37. The molecular formula is C22H18FN7OS. The third-order valence-corrected chi connectivity index (χ3v) is 6.24. The lowest BCUT2D eigenvalue weighted by Gasteiger charge is -2.55. The number of hydrogen-bond acceptors (Lipinski definition) is 7. The van der Waals surface area contributed by atoms with Crippen LogP contribution in [0.15, 0.2) is 42.9 Å². The van der Waals surface area contributed by atoms with E-state index < -0.39 is 0 Å². The number of aromatic nitrogens is 6. The van der Waals surface area contributed by atoms with Crippen molar-refractivity contribution in [2.45, 2.75) is 0 Å². The van der Waals surface area contributed by atoms with Crippen molar-refractivity contribution in [2.24, 2.45) is 12.5 Å². The highest BCUT2D eigenvalue weighted by molar-refractivity contribution is 7.92. The molecule has 0 unspecified atom stereocenters. The zero-order valence-electron chi connectivity index (χ0n) is 17.2. The van der Waals surface area contributed by atoms with Crippen LogP contribution in [-0.4, -0.2) is 54.8 Å². The predicted molar refractivity (Wildman–Crippen MR) is 120 cm³/mol. The van der Waals surface area contributed by atoms with Crippen molar-refractivity contribution in [3.63, 3.8) is 0 Å². The van der Waals surface area contributed by atoms with Crippen LogP contribution >= 0.6 is 12.3 Å². The van der Waals surface area contributed by atoms with Gasteiger partial charge in [-0.3, -0.25) is 0 Å². The Morgan fingerprint density at radius 3 is 2.62 bits per heavy atom. The first-order chi connectivity index (χ1) is 15.6. The van der Waals surface area contributed by atoms with Gasteiger partial charge in [-0.1, -0.05) is 30.3 Å². The Morgan fingerprint density at radius 1 is 1.09 bits per heavy atom. The van der Waals surface area contributed by atoms with Crippen molar-refractivity contribution < 1.29 is 8.62 Å². The summed E-state index contributed by atoms with van der Waals surface area (Å²) >= 11 is 0.0586. The SMILES string of the molecule is Cn1cnc2c(N3CC4(COC4)C3)nc(C#Cc3nc(-c4ccccc4)cn3SF)nc21. The monoisotopic (exact) mass is 447 g/mol. The summed E-state index contributed by atoms with van der Waals surface area (Å²) in [5, 5.41) is 0. The number of hydrogen-bond donors (Lipinski definition) is 0. The molecule has 0 N–H and O–H groups in total. The molecule has 0 radical (unpaired) electrons. The Kier molecular flexibility index (Phi) is 4.41. The summed E-state index contributed by atoms with van der Waals surface area (Å²) < 4.78 is 22.0. The Hall–Kier alpha value is -3.42. The average Bonchev–Trinajstić information content (AvgIpc) is 3.34. The first-order valence-electron chi connectivity index (χ1n) is 10.1. The molecule has 10 heteroatoms. The van der Waals surface area contributed by atoms with E-state index in [1.807, 2.05) is 41.9 Å². The number of aryl methyl sites for hydroxylation is 1. The molecule has 6 rings (SSSR count). The van der Waals surface area contributed by atoms with E-state index in [4.69, 9.17) is 4.74 Å². The van der Waals surface area contributed by atoms with Gasteiger partial charge in [0.1, 0.15) is 0 Å². The lowest BCUT2D eigenvalue weighted by molar-refractivity contribution is -0.127. The summed E-state index contributed by atoms with van der Waals surface area (Å²) in [7, 11) is 1.89. The van der Waals surface area contributed by atoms with Gasteiger partial charge in [0.25, 0.3) is 0 Å². The van der Waals surface area contributed by atoms with Crippen molar-refractivity contribution in [1.29, 1.82) is 0 Å². The lowest BCUT2D eigenvalue weighted by atomic mass is 9.78.